The first-order valence-electron chi connectivity index (χ1n) is 7.79. The molecule has 0 fully saturated rings. The Balaban J connectivity index is 1.60. The molecule has 0 radical (unpaired) electrons. The van der Waals surface area contributed by atoms with E-state index in [1.165, 1.54) is 11.3 Å². The monoisotopic (exact) mass is 390 g/mol. The molecule has 2 aromatic rings. The van der Waals surface area contributed by atoms with E-state index in [0.717, 1.165) is 5.56 Å². The average molecular weight is 390 g/mol. The molecule has 26 heavy (non-hydrogen) atoms. The van der Waals surface area contributed by atoms with E-state index >= 15 is 0 Å². The van der Waals surface area contributed by atoms with Crippen molar-refractivity contribution in [3.63, 3.8) is 0 Å². The van der Waals surface area contributed by atoms with Gasteiger partial charge in [0, 0.05) is 19.4 Å². The van der Waals surface area contributed by atoms with Gasteiger partial charge in [0.05, 0.1) is 4.88 Å². The first kappa shape index (κ1) is 19.5. The average Bonchev–Trinajstić information content (AvgIpc) is 3.18. The number of hydrazine groups is 1. The number of benzene rings is 1. The Hall–Kier alpha value is -2.78. The van der Waals surface area contributed by atoms with Gasteiger partial charge in [0.25, 0.3) is 5.91 Å². The van der Waals surface area contributed by atoms with E-state index < -0.39 is 5.91 Å². The molecule has 9 heteroatoms. The number of carbonyl (C=O) groups excluding carboxylic acids is 3. The van der Waals surface area contributed by atoms with Crippen LogP contribution in [-0.2, 0) is 16.1 Å². The van der Waals surface area contributed by atoms with E-state index in [4.69, 9.17) is 12.2 Å². The fourth-order valence-electron chi connectivity index (χ4n) is 1.90. The Kier molecular flexibility index (Phi) is 7.72. The van der Waals surface area contributed by atoms with E-state index in [0.29, 0.717) is 11.4 Å². The smallest absolute Gasteiger partial charge is 0.267 e. The van der Waals surface area contributed by atoms with Gasteiger partial charge < -0.3 is 5.32 Å². The van der Waals surface area contributed by atoms with Gasteiger partial charge in [-0.3, -0.25) is 30.6 Å². The maximum atomic E-state index is 11.8. The topological polar surface area (TPSA) is 99.3 Å². The lowest BCUT2D eigenvalue weighted by atomic mass is 10.2. The predicted molar refractivity (Wildman–Crippen MR) is 103 cm³/mol. The van der Waals surface area contributed by atoms with Crippen LogP contribution < -0.4 is 21.5 Å². The summed E-state index contributed by atoms with van der Waals surface area (Å²) in [5.41, 5.74) is 5.76. The molecule has 4 N–H and O–H groups in total. The van der Waals surface area contributed by atoms with Crippen LogP contribution in [0.1, 0.15) is 28.1 Å². The van der Waals surface area contributed by atoms with Gasteiger partial charge in [-0.1, -0.05) is 36.4 Å². The van der Waals surface area contributed by atoms with E-state index in [9.17, 15) is 14.4 Å². The van der Waals surface area contributed by atoms with Crippen LogP contribution in [0.3, 0.4) is 0 Å². The van der Waals surface area contributed by atoms with Crippen LogP contribution in [0.15, 0.2) is 47.8 Å². The summed E-state index contributed by atoms with van der Waals surface area (Å²) in [5.74, 6) is -0.989. The highest BCUT2D eigenvalue weighted by molar-refractivity contribution is 7.80. The Bertz CT molecular complexity index is 764. The number of hydrogen-bond donors (Lipinski definition) is 4. The molecule has 7 nitrogen and oxygen atoms in total. The quantitative estimate of drug-likeness (QED) is 0.442. The Labute approximate surface area is 160 Å². The van der Waals surface area contributed by atoms with E-state index in [-0.39, 0.29) is 29.8 Å². The molecular weight excluding hydrogens is 372 g/mol. The number of rotatable bonds is 6. The van der Waals surface area contributed by atoms with Gasteiger partial charge in [-0.25, -0.2) is 0 Å². The lowest BCUT2D eigenvalue weighted by Crippen LogP contribution is -2.48. The molecule has 0 aliphatic carbocycles. The molecule has 1 aromatic carbocycles. The van der Waals surface area contributed by atoms with Crippen LogP contribution in [0.2, 0.25) is 0 Å². The lowest BCUT2D eigenvalue weighted by Gasteiger charge is -2.10. The Morgan fingerprint density at radius 3 is 2.35 bits per heavy atom. The van der Waals surface area contributed by atoms with Crippen molar-refractivity contribution in [2.24, 2.45) is 0 Å². The fourth-order valence-corrected chi connectivity index (χ4v) is 2.67. The van der Waals surface area contributed by atoms with Gasteiger partial charge in [0.2, 0.25) is 11.8 Å². The largest absolute Gasteiger partial charge is 0.352 e. The first-order chi connectivity index (χ1) is 12.5. The Morgan fingerprint density at radius 1 is 0.923 bits per heavy atom. The van der Waals surface area contributed by atoms with Crippen LogP contribution in [0.5, 0.6) is 0 Å². The Morgan fingerprint density at radius 2 is 1.65 bits per heavy atom. The standard InChI is InChI=1S/C17H18N4O3S2/c22-14(18-11-12-5-2-1-3-6-12)8-9-15(23)20-21-17(25)19-16(24)13-7-4-10-26-13/h1-7,10H,8-9,11H2,(H,18,22)(H,20,23)(H2,19,21,24,25). The molecule has 0 saturated heterocycles. The summed E-state index contributed by atoms with van der Waals surface area (Å²) in [6, 6.07) is 12.9. The summed E-state index contributed by atoms with van der Waals surface area (Å²) in [4.78, 5) is 35.7. The van der Waals surface area contributed by atoms with Gasteiger partial charge in [-0.05, 0) is 29.2 Å². The molecule has 2 rings (SSSR count). The van der Waals surface area contributed by atoms with Crippen LogP contribution in [0, 0.1) is 0 Å². The van der Waals surface area contributed by atoms with Crippen molar-refractivity contribution in [3.8, 4) is 0 Å². The second kappa shape index (κ2) is 10.3. The zero-order chi connectivity index (χ0) is 18.8. The van der Waals surface area contributed by atoms with E-state index in [2.05, 4.69) is 21.5 Å². The summed E-state index contributed by atoms with van der Waals surface area (Å²) >= 11 is 6.20. The summed E-state index contributed by atoms with van der Waals surface area (Å²) in [5, 5.41) is 6.93. The number of amides is 3. The maximum absolute atomic E-state index is 11.8. The minimum Gasteiger partial charge on any atom is -0.352 e. The zero-order valence-electron chi connectivity index (χ0n) is 13.8. The summed E-state index contributed by atoms with van der Waals surface area (Å²) in [6.07, 6.45) is 0.0454. The van der Waals surface area contributed by atoms with E-state index in [1.54, 1.807) is 17.5 Å². The molecule has 1 heterocycles. The number of thiocarbonyl (C=S) groups is 1. The number of nitrogens with one attached hydrogen (secondary N) is 4. The molecule has 0 aliphatic heterocycles. The van der Waals surface area contributed by atoms with Crippen LogP contribution in [0.25, 0.3) is 0 Å². The van der Waals surface area contributed by atoms with Gasteiger partial charge in [-0.2, -0.15) is 0 Å². The molecule has 0 atom stereocenters. The molecule has 0 aliphatic rings. The van der Waals surface area contributed by atoms with E-state index in [1.807, 2.05) is 30.3 Å². The molecule has 0 saturated carbocycles. The molecular formula is C17H18N4O3S2. The second-order valence-electron chi connectivity index (χ2n) is 5.20. The van der Waals surface area contributed by atoms with Crippen molar-refractivity contribution in [3.05, 3.63) is 58.3 Å². The summed E-state index contributed by atoms with van der Waals surface area (Å²) in [7, 11) is 0. The molecule has 0 unspecified atom stereocenters. The molecule has 136 valence electrons. The summed E-state index contributed by atoms with van der Waals surface area (Å²) in [6.45, 7) is 0.415. The van der Waals surface area contributed by atoms with Crippen LogP contribution in [-0.4, -0.2) is 22.8 Å². The van der Waals surface area contributed by atoms with Crippen molar-refractivity contribution < 1.29 is 14.4 Å². The fraction of sp³-hybridized carbons (Fsp3) is 0.176. The normalized spacial score (nSPS) is 9.85. The highest BCUT2D eigenvalue weighted by atomic mass is 32.1. The van der Waals surface area contributed by atoms with Crippen molar-refractivity contribution in [1.82, 2.24) is 21.5 Å². The van der Waals surface area contributed by atoms with Gasteiger partial charge >= 0.3 is 0 Å². The molecule has 3 amide bonds. The molecule has 1 aromatic heterocycles. The molecule has 0 spiro atoms. The van der Waals surface area contributed by atoms with Crippen LogP contribution >= 0.6 is 23.6 Å². The van der Waals surface area contributed by atoms with Crippen molar-refractivity contribution in [2.75, 3.05) is 0 Å². The van der Waals surface area contributed by atoms with Crippen molar-refractivity contribution in [1.29, 1.82) is 0 Å². The maximum Gasteiger partial charge on any atom is 0.267 e. The second-order valence-corrected chi connectivity index (χ2v) is 6.55. The highest BCUT2D eigenvalue weighted by Gasteiger charge is 2.10. The molecule has 0 bridgehead atoms. The third kappa shape index (κ3) is 6.99. The number of thiophene rings is 1. The lowest BCUT2D eigenvalue weighted by molar-refractivity contribution is -0.126. The minimum atomic E-state index is -0.410. The zero-order valence-corrected chi connectivity index (χ0v) is 15.4. The van der Waals surface area contributed by atoms with Crippen LogP contribution in [0.4, 0.5) is 0 Å². The third-order valence-corrected chi connectivity index (χ3v) is 4.27. The van der Waals surface area contributed by atoms with Gasteiger partial charge in [-0.15, -0.1) is 11.3 Å². The van der Waals surface area contributed by atoms with Crippen molar-refractivity contribution >= 4 is 46.4 Å². The van der Waals surface area contributed by atoms with Crippen molar-refractivity contribution in [2.45, 2.75) is 19.4 Å². The first-order valence-corrected chi connectivity index (χ1v) is 9.07. The SMILES string of the molecule is O=C(CCC(=O)NNC(=S)NC(=O)c1cccs1)NCc1ccccc1. The number of hydrogen-bond acceptors (Lipinski definition) is 5. The van der Waals surface area contributed by atoms with Gasteiger partial charge in [0.1, 0.15) is 0 Å². The third-order valence-electron chi connectivity index (χ3n) is 3.20. The number of carbonyl (C=O) groups is 3. The van der Waals surface area contributed by atoms with Gasteiger partial charge in [0.15, 0.2) is 5.11 Å². The summed E-state index contributed by atoms with van der Waals surface area (Å²) < 4.78 is 0. The predicted octanol–water partition coefficient (Wildman–Crippen LogP) is 1.48. The highest BCUT2D eigenvalue weighted by Crippen LogP contribution is 2.07. The minimum absolute atomic E-state index is 0.00485.